The van der Waals surface area contributed by atoms with Gasteiger partial charge in [0.1, 0.15) is 0 Å². The molecule has 2 fully saturated rings. The summed E-state index contributed by atoms with van der Waals surface area (Å²) in [6, 6.07) is 0. The van der Waals surface area contributed by atoms with E-state index in [0.29, 0.717) is 5.41 Å². The van der Waals surface area contributed by atoms with E-state index in [9.17, 15) is 0 Å². The smallest absolute Gasteiger partial charge is 0.00906 e. The molecule has 2 aliphatic carbocycles. The van der Waals surface area contributed by atoms with E-state index in [1.165, 1.54) is 38.5 Å². The van der Waals surface area contributed by atoms with Gasteiger partial charge in [-0.15, -0.1) is 0 Å². The fourth-order valence-electron chi connectivity index (χ4n) is 4.62. The molecule has 0 nitrogen and oxygen atoms in total. The first-order valence-corrected chi connectivity index (χ1v) is 7.73. The van der Waals surface area contributed by atoms with Gasteiger partial charge < -0.3 is 0 Å². The summed E-state index contributed by atoms with van der Waals surface area (Å²) < 4.78 is 0. The van der Waals surface area contributed by atoms with Crippen LogP contribution in [0.2, 0.25) is 0 Å². The van der Waals surface area contributed by atoms with Crippen LogP contribution in [0.25, 0.3) is 0 Å². The van der Waals surface area contributed by atoms with Crippen LogP contribution in [0, 0.1) is 29.1 Å². The zero-order chi connectivity index (χ0) is 12.6. The monoisotopic (exact) mass is 234 g/mol. The van der Waals surface area contributed by atoms with Crippen molar-refractivity contribution in [2.24, 2.45) is 29.1 Å². The molecule has 2 aliphatic rings. The van der Waals surface area contributed by atoms with Crippen LogP contribution in [-0.4, -0.2) is 0 Å². The summed E-state index contributed by atoms with van der Waals surface area (Å²) in [7, 11) is 0. The lowest BCUT2D eigenvalue weighted by Crippen LogP contribution is -2.41. The van der Waals surface area contributed by atoms with Gasteiger partial charge in [-0.05, 0) is 67.6 Å². The van der Waals surface area contributed by atoms with Crippen LogP contribution in [0.15, 0.2) is 12.2 Å². The van der Waals surface area contributed by atoms with Crippen molar-refractivity contribution in [2.45, 2.75) is 66.2 Å². The topological polar surface area (TPSA) is 0 Å². The summed E-state index contributed by atoms with van der Waals surface area (Å²) in [6.45, 7) is 14.2. The highest BCUT2D eigenvalue weighted by atomic mass is 14.5. The van der Waals surface area contributed by atoms with Gasteiger partial charge >= 0.3 is 0 Å². The minimum absolute atomic E-state index is 0.461. The van der Waals surface area contributed by atoms with Crippen LogP contribution in [-0.2, 0) is 0 Å². The molecule has 0 saturated heterocycles. The summed E-state index contributed by atoms with van der Waals surface area (Å²) in [5.74, 6) is 3.69. The van der Waals surface area contributed by atoms with E-state index in [1.807, 2.05) is 0 Å². The SMILES string of the molecule is C=C1C(C)CC(C)C2CCC2CC1(CC)CC. The predicted octanol–water partition coefficient (Wildman–Crippen LogP) is 5.44. The van der Waals surface area contributed by atoms with Gasteiger partial charge in [-0.3, -0.25) is 0 Å². The Labute approximate surface area is 108 Å². The molecule has 0 aromatic carbocycles. The van der Waals surface area contributed by atoms with Gasteiger partial charge in [0.05, 0.1) is 0 Å². The highest BCUT2D eigenvalue weighted by molar-refractivity contribution is 5.16. The van der Waals surface area contributed by atoms with E-state index in [4.69, 9.17) is 0 Å². The molecule has 0 spiro atoms. The third kappa shape index (κ3) is 2.09. The Morgan fingerprint density at radius 2 is 1.82 bits per heavy atom. The molecule has 0 aromatic heterocycles. The lowest BCUT2D eigenvalue weighted by molar-refractivity contribution is 0.0369. The first-order valence-electron chi connectivity index (χ1n) is 7.73. The summed E-state index contributed by atoms with van der Waals surface area (Å²) in [5, 5.41) is 0. The molecule has 0 aromatic rings. The number of allylic oxidation sites excluding steroid dienone is 1. The van der Waals surface area contributed by atoms with Crippen molar-refractivity contribution in [3.8, 4) is 0 Å². The van der Waals surface area contributed by atoms with Crippen molar-refractivity contribution in [3.05, 3.63) is 12.2 Å². The Kier molecular flexibility index (Phi) is 3.71. The Morgan fingerprint density at radius 1 is 1.18 bits per heavy atom. The number of hydrogen-bond acceptors (Lipinski definition) is 0. The molecule has 0 heterocycles. The van der Waals surface area contributed by atoms with Crippen molar-refractivity contribution in [3.63, 3.8) is 0 Å². The van der Waals surface area contributed by atoms with Gasteiger partial charge in [-0.25, -0.2) is 0 Å². The Balaban J connectivity index is 2.25. The number of rotatable bonds is 2. The number of hydrogen-bond donors (Lipinski definition) is 0. The summed E-state index contributed by atoms with van der Waals surface area (Å²) in [4.78, 5) is 0. The minimum atomic E-state index is 0.461. The van der Waals surface area contributed by atoms with Gasteiger partial charge in [-0.2, -0.15) is 0 Å². The maximum atomic E-state index is 4.51. The average molecular weight is 234 g/mol. The van der Waals surface area contributed by atoms with E-state index in [-0.39, 0.29) is 0 Å². The van der Waals surface area contributed by atoms with Gasteiger partial charge in [0, 0.05) is 0 Å². The zero-order valence-corrected chi connectivity index (χ0v) is 12.3. The maximum Gasteiger partial charge on any atom is -0.00906 e. The molecule has 2 saturated carbocycles. The largest absolute Gasteiger partial charge is 0.0990 e. The van der Waals surface area contributed by atoms with Crippen molar-refractivity contribution in [1.82, 2.24) is 0 Å². The molecule has 17 heavy (non-hydrogen) atoms. The molecule has 2 rings (SSSR count). The highest BCUT2D eigenvalue weighted by Crippen LogP contribution is 2.55. The second-order valence-corrected chi connectivity index (χ2v) is 6.83. The van der Waals surface area contributed by atoms with E-state index >= 15 is 0 Å². The summed E-state index contributed by atoms with van der Waals surface area (Å²) in [5.41, 5.74) is 2.03. The quantitative estimate of drug-likeness (QED) is 0.558. The third-order valence-corrected chi connectivity index (χ3v) is 6.22. The Hall–Kier alpha value is -0.260. The zero-order valence-electron chi connectivity index (χ0n) is 12.3. The van der Waals surface area contributed by atoms with E-state index in [0.717, 1.165) is 23.7 Å². The normalized spacial score (nSPS) is 41.1. The second-order valence-electron chi connectivity index (χ2n) is 6.83. The molecule has 0 amide bonds. The fourth-order valence-corrected chi connectivity index (χ4v) is 4.62. The van der Waals surface area contributed by atoms with Crippen LogP contribution in [0.4, 0.5) is 0 Å². The Bertz CT molecular complexity index is 284. The fraction of sp³-hybridized carbons (Fsp3) is 0.882. The van der Waals surface area contributed by atoms with E-state index in [1.54, 1.807) is 5.57 Å². The average Bonchev–Trinajstić information content (AvgIpc) is 2.28. The molecule has 98 valence electrons. The standard InChI is InChI=1S/C17H30/c1-6-17(7-2)11-15-8-9-16(15)13(4)10-12(3)14(17)5/h12-13,15-16H,5-11H2,1-4H3. The molecule has 0 aliphatic heterocycles. The van der Waals surface area contributed by atoms with Crippen LogP contribution >= 0.6 is 0 Å². The molecule has 0 N–H and O–H groups in total. The van der Waals surface area contributed by atoms with Gasteiger partial charge in [-0.1, -0.05) is 39.8 Å². The Morgan fingerprint density at radius 3 is 2.29 bits per heavy atom. The highest BCUT2D eigenvalue weighted by Gasteiger charge is 2.44. The molecule has 4 atom stereocenters. The van der Waals surface area contributed by atoms with Gasteiger partial charge in [0.2, 0.25) is 0 Å². The van der Waals surface area contributed by atoms with Crippen molar-refractivity contribution in [1.29, 1.82) is 0 Å². The second kappa shape index (κ2) is 4.78. The molecule has 0 heteroatoms. The molecular weight excluding hydrogens is 204 g/mol. The summed E-state index contributed by atoms with van der Waals surface area (Å²) >= 11 is 0. The van der Waals surface area contributed by atoms with Crippen molar-refractivity contribution >= 4 is 0 Å². The van der Waals surface area contributed by atoms with E-state index < -0.39 is 0 Å². The summed E-state index contributed by atoms with van der Waals surface area (Å²) in [6.07, 6.45) is 8.38. The molecular formula is C17H30. The lowest BCUT2D eigenvalue weighted by Gasteiger charge is -2.51. The molecule has 0 radical (unpaired) electrons. The lowest BCUT2D eigenvalue weighted by atomic mass is 9.54. The maximum absolute atomic E-state index is 4.51. The van der Waals surface area contributed by atoms with Crippen molar-refractivity contribution in [2.75, 3.05) is 0 Å². The van der Waals surface area contributed by atoms with Crippen LogP contribution < -0.4 is 0 Å². The first-order chi connectivity index (χ1) is 8.04. The van der Waals surface area contributed by atoms with Crippen molar-refractivity contribution < 1.29 is 0 Å². The van der Waals surface area contributed by atoms with Crippen LogP contribution in [0.5, 0.6) is 0 Å². The van der Waals surface area contributed by atoms with Crippen LogP contribution in [0.3, 0.4) is 0 Å². The van der Waals surface area contributed by atoms with E-state index in [2.05, 4.69) is 34.3 Å². The molecule has 0 bridgehead atoms. The predicted molar refractivity (Wildman–Crippen MR) is 75.9 cm³/mol. The first kappa shape index (κ1) is 13.2. The van der Waals surface area contributed by atoms with Crippen LogP contribution in [0.1, 0.15) is 66.2 Å². The minimum Gasteiger partial charge on any atom is -0.0990 e. The van der Waals surface area contributed by atoms with Gasteiger partial charge in [0.25, 0.3) is 0 Å². The van der Waals surface area contributed by atoms with Gasteiger partial charge in [0.15, 0.2) is 0 Å². The molecule has 4 unspecified atom stereocenters. The third-order valence-electron chi connectivity index (χ3n) is 6.22. The number of fused-ring (bicyclic) bond motifs is 1.